The smallest absolute Gasteiger partial charge is 0.293 e. The van der Waals surface area contributed by atoms with Gasteiger partial charge in [-0.05, 0) is 37.1 Å². The molecule has 0 saturated heterocycles. The van der Waals surface area contributed by atoms with Gasteiger partial charge in [0.1, 0.15) is 0 Å². The monoisotopic (exact) mass is 210 g/mol. The fourth-order valence-electron chi connectivity index (χ4n) is 1.44. The van der Waals surface area contributed by atoms with Gasteiger partial charge in [-0.1, -0.05) is 12.0 Å². The molecule has 1 amide bonds. The van der Waals surface area contributed by atoms with Gasteiger partial charge in [0, 0.05) is 16.6 Å². The van der Waals surface area contributed by atoms with Crippen LogP contribution < -0.4 is 5.73 Å². The number of hydrogen-bond acceptors (Lipinski definition) is 2. The molecule has 0 fully saturated rings. The number of hydrogen-bond donors (Lipinski definition) is 1. The Kier molecular flexibility index (Phi) is 2.57. The standard InChI is InChI=1S/C13H10N2O/c1-9-2-5-11-8-10(4-7-13(14)16)3-6-12(11)15-9/h2-3,5-6,8H,1H3,(H2,14,16). The normalized spacial score (nSPS) is 9.56. The average Bonchev–Trinajstić information content (AvgIpc) is 2.26. The molecule has 0 atom stereocenters. The van der Waals surface area contributed by atoms with E-state index in [4.69, 9.17) is 5.73 Å². The van der Waals surface area contributed by atoms with Gasteiger partial charge in [0.25, 0.3) is 5.91 Å². The minimum Gasteiger partial charge on any atom is -0.359 e. The minimum atomic E-state index is -0.623. The number of carbonyl (C=O) groups excluding carboxylic acids is 1. The molecule has 0 saturated carbocycles. The van der Waals surface area contributed by atoms with Crippen LogP contribution in [0.5, 0.6) is 0 Å². The zero-order chi connectivity index (χ0) is 11.5. The second-order valence-electron chi connectivity index (χ2n) is 3.47. The summed E-state index contributed by atoms with van der Waals surface area (Å²) in [5.41, 5.74) is 7.61. The van der Waals surface area contributed by atoms with Gasteiger partial charge < -0.3 is 5.73 Å². The van der Waals surface area contributed by atoms with E-state index in [0.29, 0.717) is 0 Å². The number of primary amides is 1. The number of nitrogens with zero attached hydrogens (tertiary/aromatic N) is 1. The molecule has 0 aliphatic rings. The van der Waals surface area contributed by atoms with Crippen LogP contribution in [-0.2, 0) is 4.79 Å². The summed E-state index contributed by atoms with van der Waals surface area (Å²) >= 11 is 0. The summed E-state index contributed by atoms with van der Waals surface area (Å²) < 4.78 is 0. The van der Waals surface area contributed by atoms with Crippen LogP contribution >= 0.6 is 0 Å². The second kappa shape index (κ2) is 4.03. The van der Waals surface area contributed by atoms with Crippen LogP contribution in [0.25, 0.3) is 10.9 Å². The Balaban J connectivity index is 2.50. The van der Waals surface area contributed by atoms with Crippen molar-refractivity contribution in [2.24, 2.45) is 5.73 Å². The summed E-state index contributed by atoms with van der Waals surface area (Å²) in [6.45, 7) is 1.94. The average molecular weight is 210 g/mol. The fourth-order valence-corrected chi connectivity index (χ4v) is 1.44. The van der Waals surface area contributed by atoms with E-state index in [1.807, 2.05) is 37.3 Å². The highest BCUT2D eigenvalue weighted by molar-refractivity contribution is 5.92. The van der Waals surface area contributed by atoms with E-state index in [0.717, 1.165) is 22.2 Å². The van der Waals surface area contributed by atoms with E-state index in [1.54, 1.807) is 0 Å². The molecule has 1 heterocycles. The van der Waals surface area contributed by atoms with Gasteiger partial charge in [-0.15, -0.1) is 0 Å². The molecular weight excluding hydrogens is 200 g/mol. The molecule has 16 heavy (non-hydrogen) atoms. The summed E-state index contributed by atoms with van der Waals surface area (Å²) in [5.74, 6) is 4.38. The number of pyridine rings is 1. The highest BCUT2D eigenvalue weighted by atomic mass is 16.1. The van der Waals surface area contributed by atoms with Crippen molar-refractivity contribution in [2.75, 3.05) is 0 Å². The zero-order valence-electron chi connectivity index (χ0n) is 8.82. The molecule has 2 rings (SSSR count). The van der Waals surface area contributed by atoms with Crippen LogP contribution in [0.2, 0.25) is 0 Å². The Morgan fingerprint density at radius 3 is 2.88 bits per heavy atom. The zero-order valence-corrected chi connectivity index (χ0v) is 8.82. The van der Waals surface area contributed by atoms with Crippen LogP contribution in [0.4, 0.5) is 0 Å². The largest absolute Gasteiger partial charge is 0.359 e. The van der Waals surface area contributed by atoms with E-state index in [1.165, 1.54) is 0 Å². The maximum Gasteiger partial charge on any atom is 0.293 e. The topological polar surface area (TPSA) is 56.0 Å². The molecule has 3 nitrogen and oxygen atoms in total. The second-order valence-corrected chi connectivity index (χ2v) is 3.47. The van der Waals surface area contributed by atoms with E-state index in [2.05, 4.69) is 16.8 Å². The first-order chi connectivity index (χ1) is 7.65. The lowest BCUT2D eigenvalue weighted by Crippen LogP contribution is -2.06. The molecule has 1 aromatic carbocycles. The predicted molar refractivity (Wildman–Crippen MR) is 62.6 cm³/mol. The summed E-state index contributed by atoms with van der Waals surface area (Å²) in [4.78, 5) is 14.9. The van der Waals surface area contributed by atoms with Crippen molar-refractivity contribution in [3.63, 3.8) is 0 Å². The number of aromatic nitrogens is 1. The van der Waals surface area contributed by atoms with Crippen LogP contribution in [0.3, 0.4) is 0 Å². The van der Waals surface area contributed by atoms with E-state index < -0.39 is 5.91 Å². The van der Waals surface area contributed by atoms with E-state index >= 15 is 0 Å². The lowest BCUT2D eigenvalue weighted by molar-refractivity contribution is -0.112. The van der Waals surface area contributed by atoms with Crippen molar-refractivity contribution in [1.29, 1.82) is 0 Å². The van der Waals surface area contributed by atoms with E-state index in [9.17, 15) is 4.79 Å². The van der Waals surface area contributed by atoms with Gasteiger partial charge in [0.2, 0.25) is 0 Å². The molecule has 0 bridgehead atoms. The summed E-state index contributed by atoms with van der Waals surface area (Å²) in [6, 6.07) is 9.51. The molecule has 0 aliphatic heterocycles. The summed E-state index contributed by atoms with van der Waals surface area (Å²) in [6.07, 6.45) is 0. The van der Waals surface area contributed by atoms with Crippen molar-refractivity contribution in [2.45, 2.75) is 6.92 Å². The predicted octanol–water partition coefficient (Wildman–Crippen LogP) is 1.38. The summed E-state index contributed by atoms with van der Waals surface area (Å²) in [7, 11) is 0. The van der Waals surface area contributed by atoms with Gasteiger partial charge >= 0.3 is 0 Å². The van der Waals surface area contributed by atoms with Crippen molar-refractivity contribution in [3.05, 3.63) is 41.6 Å². The van der Waals surface area contributed by atoms with Crippen LogP contribution in [0.1, 0.15) is 11.3 Å². The Morgan fingerprint density at radius 1 is 1.31 bits per heavy atom. The Labute approximate surface area is 93.3 Å². The molecular formula is C13H10N2O. The van der Waals surface area contributed by atoms with Crippen molar-refractivity contribution < 1.29 is 4.79 Å². The lowest BCUT2D eigenvalue weighted by atomic mass is 10.1. The van der Waals surface area contributed by atoms with Crippen molar-refractivity contribution in [3.8, 4) is 11.8 Å². The molecule has 1 aromatic heterocycles. The highest BCUT2D eigenvalue weighted by Crippen LogP contribution is 2.13. The number of fused-ring (bicyclic) bond motifs is 1. The van der Waals surface area contributed by atoms with E-state index in [-0.39, 0.29) is 0 Å². The quantitative estimate of drug-likeness (QED) is 0.668. The maximum atomic E-state index is 10.5. The number of amides is 1. The molecule has 3 heteroatoms. The Bertz CT molecular complexity index is 621. The van der Waals surface area contributed by atoms with Gasteiger partial charge in [-0.3, -0.25) is 9.78 Å². The number of aryl methyl sites for hydroxylation is 1. The van der Waals surface area contributed by atoms with Gasteiger partial charge in [-0.25, -0.2) is 0 Å². The molecule has 0 spiro atoms. The fraction of sp³-hybridized carbons (Fsp3) is 0.0769. The molecule has 0 radical (unpaired) electrons. The third kappa shape index (κ3) is 2.18. The number of benzene rings is 1. The van der Waals surface area contributed by atoms with Gasteiger partial charge in [0.15, 0.2) is 0 Å². The first-order valence-electron chi connectivity index (χ1n) is 4.84. The molecule has 0 aliphatic carbocycles. The first kappa shape index (κ1) is 10.2. The Morgan fingerprint density at radius 2 is 2.12 bits per heavy atom. The maximum absolute atomic E-state index is 10.5. The van der Waals surface area contributed by atoms with Gasteiger partial charge in [0.05, 0.1) is 5.52 Å². The van der Waals surface area contributed by atoms with Gasteiger partial charge in [-0.2, -0.15) is 0 Å². The Hall–Kier alpha value is -2.34. The highest BCUT2D eigenvalue weighted by Gasteiger charge is 1.96. The first-order valence-corrected chi connectivity index (χ1v) is 4.84. The minimum absolute atomic E-state index is 0.623. The molecule has 2 aromatic rings. The van der Waals surface area contributed by atoms with Crippen LogP contribution in [0, 0.1) is 18.8 Å². The molecule has 2 N–H and O–H groups in total. The number of nitrogens with two attached hydrogens (primary N) is 1. The lowest BCUT2D eigenvalue weighted by Gasteiger charge is -1.98. The number of carbonyl (C=O) groups is 1. The van der Waals surface area contributed by atoms with Crippen molar-refractivity contribution >= 4 is 16.8 Å². The molecule has 0 unspecified atom stereocenters. The number of rotatable bonds is 0. The van der Waals surface area contributed by atoms with Crippen LogP contribution in [0.15, 0.2) is 30.3 Å². The molecule has 78 valence electrons. The third-order valence-corrected chi connectivity index (χ3v) is 2.16. The van der Waals surface area contributed by atoms with Crippen LogP contribution in [-0.4, -0.2) is 10.9 Å². The SMILES string of the molecule is Cc1ccc2cc(C#CC(N)=O)ccc2n1. The van der Waals surface area contributed by atoms with Crippen molar-refractivity contribution in [1.82, 2.24) is 4.98 Å². The third-order valence-electron chi connectivity index (χ3n) is 2.16. The summed E-state index contributed by atoms with van der Waals surface area (Å²) in [5, 5.41) is 1.00.